The van der Waals surface area contributed by atoms with E-state index in [4.69, 9.17) is 22.1 Å². The van der Waals surface area contributed by atoms with Crippen LogP contribution < -0.4 is 16.0 Å². The van der Waals surface area contributed by atoms with E-state index in [2.05, 4.69) is 49.2 Å². The van der Waals surface area contributed by atoms with Crippen LogP contribution in [0.4, 0.5) is 0 Å². The van der Waals surface area contributed by atoms with Crippen molar-refractivity contribution in [2.75, 3.05) is 0 Å². The second-order valence-corrected chi connectivity index (χ2v) is 9.66. The maximum Gasteiger partial charge on any atom is 0.255 e. The number of aromatic amines is 1. The van der Waals surface area contributed by atoms with Gasteiger partial charge in [-0.15, -0.1) is 0 Å². The lowest BCUT2D eigenvalue weighted by Crippen LogP contribution is -2.49. The number of aromatic nitrogens is 1. The van der Waals surface area contributed by atoms with Crippen LogP contribution in [-0.4, -0.2) is 17.1 Å². The van der Waals surface area contributed by atoms with Crippen molar-refractivity contribution in [3.63, 3.8) is 0 Å². The minimum atomic E-state index is -0.143. The summed E-state index contributed by atoms with van der Waals surface area (Å²) in [6.45, 7) is 4.47. The monoisotopic (exact) mass is 438 g/mol. The molecule has 0 radical (unpaired) electrons. The Labute approximate surface area is 188 Å². The van der Waals surface area contributed by atoms with Crippen LogP contribution in [0.25, 0.3) is 10.8 Å². The van der Waals surface area contributed by atoms with E-state index >= 15 is 0 Å². The number of nitrogens with two attached hydrogens (primary N) is 1. The number of halogens is 1. The van der Waals surface area contributed by atoms with Gasteiger partial charge in [0.15, 0.2) is 0 Å². The molecule has 0 saturated heterocycles. The molecule has 0 aliphatic heterocycles. The molecule has 5 heteroatoms. The minimum Gasteiger partial charge on any atom is -0.489 e. The van der Waals surface area contributed by atoms with Crippen molar-refractivity contribution in [1.29, 1.82) is 0 Å². The highest BCUT2D eigenvalue weighted by molar-refractivity contribution is 6.32. The fourth-order valence-corrected chi connectivity index (χ4v) is 5.27. The van der Waals surface area contributed by atoms with Gasteiger partial charge in [0.2, 0.25) is 0 Å². The van der Waals surface area contributed by atoms with Crippen molar-refractivity contribution in [3.8, 4) is 5.75 Å². The Hall–Kier alpha value is -2.30. The number of H-pyrrole nitrogens is 1. The Morgan fingerprint density at radius 2 is 1.87 bits per heavy atom. The zero-order valence-corrected chi connectivity index (χ0v) is 19.0. The van der Waals surface area contributed by atoms with Gasteiger partial charge in [-0.2, -0.15) is 0 Å². The van der Waals surface area contributed by atoms with E-state index < -0.39 is 0 Å². The van der Waals surface area contributed by atoms with Crippen LogP contribution in [0.15, 0.2) is 59.5 Å². The van der Waals surface area contributed by atoms with Gasteiger partial charge < -0.3 is 15.5 Å². The average molecular weight is 439 g/mol. The predicted molar refractivity (Wildman–Crippen MR) is 128 cm³/mol. The van der Waals surface area contributed by atoms with Crippen LogP contribution in [-0.2, 0) is 5.41 Å². The maximum absolute atomic E-state index is 12.0. The molecule has 3 N–H and O–H groups in total. The molecule has 0 bridgehead atoms. The summed E-state index contributed by atoms with van der Waals surface area (Å²) in [7, 11) is 0. The lowest BCUT2D eigenvalue weighted by molar-refractivity contribution is 0.100. The first-order valence-corrected chi connectivity index (χ1v) is 11.6. The van der Waals surface area contributed by atoms with Gasteiger partial charge in [0.25, 0.3) is 5.56 Å². The van der Waals surface area contributed by atoms with Crippen LogP contribution in [0.1, 0.15) is 51.5 Å². The molecule has 1 heterocycles. The van der Waals surface area contributed by atoms with Crippen LogP contribution in [0.5, 0.6) is 5.75 Å². The van der Waals surface area contributed by atoms with Gasteiger partial charge in [-0.3, -0.25) is 4.79 Å². The Kier molecular flexibility index (Phi) is 6.40. The van der Waals surface area contributed by atoms with Crippen molar-refractivity contribution in [2.45, 2.75) is 63.5 Å². The van der Waals surface area contributed by atoms with E-state index in [1.54, 1.807) is 12.3 Å². The molecule has 3 aromatic rings. The van der Waals surface area contributed by atoms with E-state index in [9.17, 15) is 4.79 Å². The number of benzene rings is 2. The largest absolute Gasteiger partial charge is 0.489 e. The molecule has 0 spiro atoms. The smallest absolute Gasteiger partial charge is 0.255 e. The molecule has 1 atom stereocenters. The molecule has 1 saturated carbocycles. The number of rotatable bonds is 6. The molecule has 1 aliphatic carbocycles. The van der Waals surface area contributed by atoms with Crippen LogP contribution in [0.3, 0.4) is 0 Å². The second-order valence-electron chi connectivity index (χ2n) is 9.25. The van der Waals surface area contributed by atoms with E-state index in [1.807, 2.05) is 12.1 Å². The first-order chi connectivity index (χ1) is 14.9. The molecular formula is C26H31ClN2O2. The highest BCUT2D eigenvalue weighted by Crippen LogP contribution is 2.44. The predicted octanol–water partition coefficient (Wildman–Crippen LogP) is 5.81. The molecule has 164 valence electrons. The number of hydrogen-bond donors (Lipinski definition) is 2. The summed E-state index contributed by atoms with van der Waals surface area (Å²) in [5, 5.41) is 1.88. The molecule has 0 amide bonds. The van der Waals surface area contributed by atoms with E-state index in [1.165, 1.54) is 5.56 Å². The standard InChI is InChI=1S/C26H31ClN2O2/c1-17(2)14-24(28)26(19-6-4-3-5-7-19)11-8-20(9-12-26)31-23-15-18-10-13-29-25(30)21(18)16-22(23)27/h3-7,10,13,15-17,20,24H,8-9,11-12,14,28H2,1-2H3,(H,29,30)/t20-,24?,26-. The normalized spacial score (nSPS) is 22.5. The molecule has 1 fully saturated rings. The number of hydrogen-bond acceptors (Lipinski definition) is 3. The zero-order valence-electron chi connectivity index (χ0n) is 18.2. The topological polar surface area (TPSA) is 68.1 Å². The van der Waals surface area contributed by atoms with Crippen LogP contribution in [0, 0.1) is 5.92 Å². The highest BCUT2D eigenvalue weighted by Gasteiger charge is 2.42. The molecule has 1 aromatic heterocycles. The summed E-state index contributed by atoms with van der Waals surface area (Å²) in [6.07, 6.45) is 6.55. The molecule has 4 nitrogen and oxygen atoms in total. The van der Waals surface area contributed by atoms with Crippen molar-refractivity contribution < 1.29 is 4.74 Å². The molecule has 2 aromatic carbocycles. The summed E-state index contributed by atoms with van der Waals surface area (Å²) in [5.74, 6) is 1.20. The van der Waals surface area contributed by atoms with Crippen molar-refractivity contribution >= 4 is 22.4 Å². The number of nitrogens with one attached hydrogen (secondary N) is 1. The summed E-state index contributed by atoms with van der Waals surface area (Å²) >= 11 is 6.46. The molecule has 4 rings (SSSR count). The third-order valence-electron chi connectivity index (χ3n) is 6.73. The second kappa shape index (κ2) is 9.05. The Balaban J connectivity index is 1.54. The van der Waals surface area contributed by atoms with Crippen LogP contribution >= 0.6 is 11.6 Å². The Morgan fingerprint density at radius 1 is 1.16 bits per heavy atom. The zero-order chi connectivity index (χ0) is 22.0. The number of ether oxygens (including phenoxy) is 1. The Morgan fingerprint density at radius 3 is 2.55 bits per heavy atom. The van der Waals surface area contributed by atoms with Gasteiger partial charge in [0.05, 0.1) is 11.1 Å². The summed E-state index contributed by atoms with van der Waals surface area (Å²) in [6, 6.07) is 16.3. The van der Waals surface area contributed by atoms with Gasteiger partial charge >= 0.3 is 0 Å². The van der Waals surface area contributed by atoms with Gasteiger partial charge in [0.1, 0.15) is 5.75 Å². The summed E-state index contributed by atoms with van der Waals surface area (Å²) < 4.78 is 6.34. The Bertz CT molecular complexity index is 1090. The number of pyridine rings is 1. The van der Waals surface area contributed by atoms with E-state index in [0.717, 1.165) is 37.5 Å². The first-order valence-electron chi connectivity index (χ1n) is 11.2. The molecule has 1 aliphatic rings. The van der Waals surface area contributed by atoms with Crippen molar-refractivity contribution in [2.24, 2.45) is 11.7 Å². The van der Waals surface area contributed by atoms with Gasteiger partial charge in [-0.25, -0.2) is 0 Å². The van der Waals surface area contributed by atoms with Crippen molar-refractivity contribution in [3.05, 3.63) is 75.7 Å². The third-order valence-corrected chi connectivity index (χ3v) is 7.02. The lowest BCUT2D eigenvalue weighted by atomic mass is 9.63. The quantitative estimate of drug-likeness (QED) is 0.509. The third kappa shape index (κ3) is 4.51. The maximum atomic E-state index is 12.0. The molecule has 31 heavy (non-hydrogen) atoms. The molecular weight excluding hydrogens is 408 g/mol. The van der Waals surface area contributed by atoms with E-state index in [-0.39, 0.29) is 23.1 Å². The SMILES string of the molecule is CC(C)CC(N)[C@]1(c2ccccc2)CC[C@@H](Oc2cc3cc[nH]c(=O)c3cc2Cl)CC1. The summed E-state index contributed by atoms with van der Waals surface area (Å²) in [5.41, 5.74) is 7.99. The summed E-state index contributed by atoms with van der Waals surface area (Å²) in [4.78, 5) is 14.7. The lowest BCUT2D eigenvalue weighted by Gasteiger charge is -2.45. The van der Waals surface area contributed by atoms with Gasteiger partial charge in [-0.05, 0) is 67.2 Å². The van der Waals surface area contributed by atoms with Gasteiger partial charge in [0, 0.05) is 23.0 Å². The number of fused-ring (bicyclic) bond motifs is 1. The highest BCUT2D eigenvalue weighted by atomic mass is 35.5. The van der Waals surface area contributed by atoms with E-state index in [0.29, 0.717) is 22.1 Å². The van der Waals surface area contributed by atoms with Crippen molar-refractivity contribution in [1.82, 2.24) is 4.98 Å². The minimum absolute atomic E-state index is 0.0220. The fraction of sp³-hybridized carbons (Fsp3) is 0.423. The first kappa shape index (κ1) is 21.9. The average Bonchev–Trinajstić information content (AvgIpc) is 2.76. The van der Waals surface area contributed by atoms with Crippen LogP contribution in [0.2, 0.25) is 5.02 Å². The molecule has 1 unspecified atom stereocenters. The van der Waals surface area contributed by atoms with Gasteiger partial charge in [-0.1, -0.05) is 55.8 Å². The fourth-order valence-electron chi connectivity index (χ4n) is 5.06.